The zero-order valence-electron chi connectivity index (χ0n) is 13.1. The van der Waals surface area contributed by atoms with Gasteiger partial charge in [-0.25, -0.2) is 0 Å². The van der Waals surface area contributed by atoms with Crippen molar-refractivity contribution >= 4 is 11.6 Å². The van der Waals surface area contributed by atoms with E-state index in [0.717, 1.165) is 0 Å². The smallest absolute Gasteiger partial charge is 0.0104 e. The topological polar surface area (TPSA) is 0 Å². The van der Waals surface area contributed by atoms with Crippen LogP contribution in [0.1, 0.15) is 61.3 Å². The molecular weight excluding hydrogens is 252 g/mol. The van der Waals surface area contributed by atoms with Crippen LogP contribution in [-0.4, -0.2) is 0 Å². The van der Waals surface area contributed by atoms with Crippen molar-refractivity contribution in [2.24, 2.45) is 0 Å². The molecule has 0 fully saturated rings. The maximum Gasteiger partial charge on any atom is 0.0104 e. The molecule has 1 aliphatic rings. The Kier molecular flexibility index (Phi) is 4.24. The largest absolute Gasteiger partial charge is 0.0653 e. The third-order valence-corrected chi connectivity index (χ3v) is 4.47. The average Bonchev–Trinajstić information content (AvgIpc) is 2.89. The molecule has 3 rings (SSSR count). The van der Waals surface area contributed by atoms with Crippen LogP contribution in [0.2, 0.25) is 0 Å². The first-order valence-corrected chi connectivity index (χ1v) is 8.24. The summed E-state index contributed by atoms with van der Waals surface area (Å²) in [5.74, 6) is 0.579. The van der Waals surface area contributed by atoms with Gasteiger partial charge in [0.1, 0.15) is 0 Å². The van der Waals surface area contributed by atoms with Gasteiger partial charge in [-0.05, 0) is 40.7 Å². The molecule has 108 valence electrons. The molecule has 0 aliphatic heterocycles. The summed E-state index contributed by atoms with van der Waals surface area (Å²) in [6.07, 6.45) is 7.31. The molecule has 1 unspecified atom stereocenters. The first-order chi connectivity index (χ1) is 10.3. The van der Waals surface area contributed by atoms with Gasteiger partial charge in [-0.3, -0.25) is 0 Å². The molecule has 1 atom stereocenters. The van der Waals surface area contributed by atoms with E-state index < -0.39 is 0 Å². The van der Waals surface area contributed by atoms with Crippen LogP contribution in [0.5, 0.6) is 0 Å². The standard InChI is InChI=1S/C21H24/c1-3-9-17-13-8-14-18-15-20(16-11-6-5-7-12-16)19(10-4-2)21(17)18/h5-8,11-15,19H,3-4,9-10H2,1-2H3. The molecule has 0 bridgehead atoms. The molecule has 0 aromatic heterocycles. The van der Waals surface area contributed by atoms with Gasteiger partial charge in [0.15, 0.2) is 0 Å². The number of benzene rings is 2. The molecule has 0 radical (unpaired) electrons. The van der Waals surface area contributed by atoms with Crippen molar-refractivity contribution in [3.8, 4) is 0 Å². The molecule has 0 N–H and O–H groups in total. The van der Waals surface area contributed by atoms with Crippen molar-refractivity contribution in [3.05, 3.63) is 70.8 Å². The molecule has 2 aromatic carbocycles. The summed E-state index contributed by atoms with van der Waals surface area (Å²) >= 11 is 0. The highest BCUT2D eigenvalue weighted by Gasteiger charge is 2.27. The Bertz CT molecular complexity index is 634. The van der Waals surface area contributed by atoms with Crippen molar-refractivity contribution in [1.29, 1.82) is 0 Å². The summed E-state index contributed by atoms with van der Waals surface area (Å²) in [5, 5.41) is 0. The molecule has 0 spiro atoms. The molecule has 0 heteroatoms. The van der Waals surface area contributed by atoms with Gasteiger partial charge in [-0.15, -0.1) is 0 Å². The highest BCUT2D eigenvalue weighted by molar-refractivity contribution is 5.92. The predicted octanol–water partition coefficient (Wildman–Crippen LogP) is 6.08. The van der Waals surface area contributed by atoms with E-state index in [4.69, 9.17) is 0 Å². The second-order valence-corrected chi connectivity index (χ2v) is 5.98. The van der Waals surface area contributed by atoms with Gasteiger partial charge < -0.3 is 0 Å². The van der Waals surface area contributed by atoms with E-state index in [9.17, 15) is 0 Å². The Labute approximate surface area is 128 Å². The van der Waals surface area contributed by atoms with Crippen molar-refractivity contribution in [1.82, 2.24) is 0 Å². The van der Waals surface area contributed by atoms with Gasteiger partial charge in [0.05, 0.1) is 0 Å². The minimum absolute atomic E-state index is 0.579. The van der Waals surface area contributed by atoms with Gasteiger partial charge in [0.2, 0.25) is 0 Å². The second kappa shape index (κ2) is 6.30. The minimum atomic E-state index is 0.579. The first-order valence-electron chi connectivity index (χ1n) is 8.24. The van der Waals surface area contributed by atoms with Crippen molar-refractivity contribution in [2.75, 3.05) is 0 Å². The average molecular weight is 276 g/mol. The maximum atomic E-state index is 2.42. The summed E-state index contributed by atoms with van der Waals surface area (Å²) in [6, 6.07) is 17.7. The van der Waals surface area contributed by atoms with Crippen LogP contribution in [0, 0.1) is 0 Å². The van der Waals surface area contributed by atoms with Gasteiger partial charge in [0.25, 0.3) is 0 Å². The number of allylic oxidation sites excluding steroid dienone is 1. The Morgan fingerprint density at radius 2 is 1.67 bits per heavy atom. The lowest BCUT2D eigenvalue weighted by atomic mass is 9.84. The van der Waals surface area contributed by atoms with E-state index in [1.165, 1.54) is 42.4 Å². The molecule has 2 aromatic rings. The Morgan fingerprint density at radius 1 is 0.857 bits per heavy atom. The van der Waals surface area contributed by atoms with Crippen LogP contribution >= 0.6 is 0 Å². The van der Waals surface area contributed by atoms with Crippen LogP contribution in [0.4, 0.5) is 0 Å². The Balaban J connectivity index is 2.06. The fraction of sp³-hybridized carbons (Fsp3) is 0.333. The normalized spacial score (nSPS) is 16.7. The van der Waals surface area contributed by atoms with Crippen LogP contribution in [-0.2, 0) is 6.42 Å². The SMILES string of the molecule is CCCc1cccc2c1C(CCC)C(c1ccccc1)=C2. The second-order valence-electron chi connectivity index (χ2n) is 5.98. The summed E-state index contributed by atoms with van der Waals surface area (Å²) in [5.41, 5.74) is 7.49. The van der Waals surface area contributed by atoms with Gasteiger partial charge in [-0.1, -0.05) is 81.3 Å². The lowest BCUT2D eigenvalue weighted by Gasteiger charge is -2.19. The van der Waals surface area contributed by atoms with Crippen LogP contribution in [0.3, 0.4) is 0 Å². The number of rotatable bonds is 5. The van der Waals surface area contributed by atoms with Gasteiger partial charge >= 0.3 is 0 Å². The molecule has 0 amide bonds. The number of fused-ring (bicyclic) bond motifs is 1. The molecule has 0 heterocycles. The third-order valence-electron chi connectivity index (χ3n) is 4.47. The fourth-order valence-electron chi connectivity index (χ4n) is 3.60. The van der Waals surface area contributed by atoms with E-state index in [1.54, 1.807) is 11.1 Å². The summed E-state index contributed by atoms with van der Waals surface area (Å²) in [6.45, 7) is 4.57. The molecule has 0 saturated carbocycles. The zero-order chi connectivity index (χ0) is 14.7. The Hall–Kier alpha value is -1.82. The van der Waals surface area contributed by atoms with E-state index in [2.05, 4.69) is 68.5 Å². The van der Waals surface area contributed by atoms with Gasteiger partial charge in [0, 0.05) is 5.92 Å². The molecule has 21 heavy (non-hydrogen) atoms. The highest BCUT2D eigenvalue weighted by atomic mass is 14.3. The molecule has 0 nitrogen and oxygen atoms in total. The van der Waals surface area contributed by atoms with E-state index in [1.807, 2.05) is 0 Å². The van der Waals surface area contributed by atoms with E-state index >= 15 is 0 Å². The zero-order valence-corrected chi connectivity index (χ0v) is 13.1. The predicted molar refractivity (Wildman–Crippen MR) is 92.4 cm³/mol. The van der Waals surface area contributed by atoms with Crippen molar-refractivity contribution in [2.45, 2.75) is 45.4 Å². The van der Waals surface area contributed by atoms with Crippen molar-refractivity contribution in [3.63, 3.8) is 0 Å². The lowest BCUT2D eigenvalue weighted by molar-refractivity contribution is 0.726. The molecular formula is C21H24. The van der Waals surface area contributed by atoms with E-state index in [0.29, 0.717) is 5.92 Å². The quantitative estimate of drug-likeness (QED) is 0.621. The van der Waals surface area contributed by atoms with E-state index in [-0.39, 0.29) is 0 Å². The number of hydrogen-bond acceptors (Lipinski definition) is 0. The third kappa shape index (κ3) is 2.68. The highest BCUT2D eigenvalue weighted by Crippen LogP contribution is 2.46. The van der Waals surface area contributed by atoms with Crippen LogP contribution < -0.4 is 0 Å². The minimum Gasteiger partial charge on any atom is -0.0653 e. The maximum absolute atomic E-state index is 2.42. The fourth-order valence-corrected chi connectivity index (χ4v) is 3.60. The number of aryl methyl sites for hydroxylation is 1. The Morgan fingerprint density at radius 3 is 2.38 bits per heavy atom. The lowest BCUT2D eigenvalue weighted by Crippen LogP contribution is -2.03. The van der Waals surface area contributed by atoms with Crippen molar-refractivity contribution < 1.29 is 0 Å². The summed E-state index contributed by atoms with van der Waals surface area (Å²) < 4.78 is 0. The molecule has 1 aliphatic carbocycles. The summed E-state index contributed by atoms with van der Waals surface area (Å²) in [7, 11) is 0. The van der Waals surface area contributed by atoms with Crippen LogP contribution in [0.25, 0.3) is 11.6 Å². The summed E-state index contributed by atoms with van der Waals surface area (Å²) in [4.78, 5) is 0. The monoisotopic (exact) mass is 276 g/mol. The number of hydrogen-bond donors (Lipinski definition) is 0. The van der Waals surface area contributed by atoms with Crippen LogP contribution in [0.15, 0.2) is 48.5 Å². The first kappa shape index (κ1) is 14.1. The van der Waals surface area contributed by atoms with Gasteiger partial charge in [-0.2, -0.15) is 0 Å². The molecule has 0 saturated heterocycles.